The van der Waals surface area contributed by atoms with E-state index >= 15 is 0 Å². The topological polar surface area (TPSA) is 81.3 Å². The Kier molecular flexibility index (Phi) is 3.01. The van der Waals surface area contributed by atoms with Crippen LogP contribution in [0.25, 0.3) is 11.4 Å². The second-order valence-corrected chi connectivity index (χ2v) is 3.72. The maximum atomic E-state index is 13.3. The lowest BCUT2D eigenvalue weighted by molar-refractivity contribution is 0.373. The number of aryl methyl sites for hydroxylation is 1. The summed E-state index contributed by atoms with van der Waals surface area (Å²) in [5.41, 5.74) is 6.21. The summed E-state index contributed by atoms with van der Waals surface area (Å²) in [5, 5.41) is 9.48. The summed E-state index contributed by atoms with van der Waals surface area (Å²) < 4.78 is 18.3. The Bertz CT molecular complexity index is 579. The van der Waals surface area contributed by atoms with E-state index < -0.39 is 5.82 Å². The standard InChI is InChI=1S/C12H12FN3O2/c1-6-10(13)11(14)16-12(15-6)7-3-4-8(17)9(5-7)18-2/h3-5,17H,1-2H3,(H2,14,15,16). The van der Waals surface area contributed by atoms with Crippen molar-refractivity contribution in [2.75, 3.05) is 12.8 Å². The number of phenolic OH excluding ortho intramolecular Hbond substituents is 1. The third-order valence-corrected chi connectivity index (χ3v) is 2.48. The van der Waals surface area contributed by atoms with Crippen LogP contribution in [-0.2, 0) is 0 Å². The fourth-order valence-corrected chi connectivity index (χ4v) is 1.53. The van der Waals surface area contributed by atoms with Gasteiger partial charge in [0.25, 0.3) is 0 Å². The molecule has 94 valence electrons. The first-order valence-corrected chi connectivity index (χ1v) is 5.20. The van der Waals surface area contributed by atoms with E-state index in [0.29, 0.717) is 5.56 Å². The maximum absolute atomic E-state index is 13.3. The Morgan fingerprint density at radius 3 is 2.67 bits per heavy atom. The molecule has 0 saturated heterocycles. The van der Waals surface area contributed by atoms with Gasteiger partial charge in [-0.1, -0.05) is 0 Å². The fraction of sp³-hybridized carbons (Fsp3) is 0.167. The van der Waals surface area contributed by atoms with Gasteiger partial charge in [-0.15, -0.1) is 0 Å². The van der Waals surface area contributed by atoms with Crippen molar-refractivity contribution in [3.05, 3.63) is 29.7 Å². The van der Waals surface area contributed by atoms with Gasteiger partial charge in [-0.25, -0.2) is 14.4 Å². The number of nitrogen functional groups attached to an aromatic ring is 1. The number of anilines is 1. The van der Waals surface area contributed by atoms with E-state index in [0.717, 1.165) is 0 Å². The lowest BCUT2D eigenvalue weighted by Gasteiger charge is -2.07. The van der Waals surface area contributed by atoms with E-state index in [-0.39, 0.29) is 28.8 Å². The molecule has 2 aromatic rings. The van der Waals surface area contributed by atoms with Crippen LogP contribution in [-0.4, -0.2) is 22.2 Å². The highest BCUT2D eigenvalue weighted by atomic mass is 19.1. The van der Waals surface area contributed by atoms with Crippen molar-refractivity contribution in [2.24, 2.45) is 0 Å². The van der Waals surface area contributed by atoms with Gasteiger partial charge in [0.15, 0.2) is 29.0 Å². The van der Waals surface area contributed by atoms with Crippen LogP contribution in [0.15, 0.2) is 18.2 Å². The number of nitrogens with zero attached hydrogens (tertiary/aromatic N) is 2. The minimum absolute atomic E-state index is 0.00746. The molecule has 1 aromatic carbocycles. The minimum atomic E-state index is -0.621. The van der Waals surface area contributed by atoms with Crippen molar-refractivity contribution in [2.45, 2.75) is 6.92 Å². The van der Waals surface area contributed by atoms with Crippen molar-refractivity contribution >= 4 is 5.82 Å². The molecule has 0 saturated carbocycles. The number of nitrogens with two attached hydrogens (primary N) is 1. The molecule has 0 unspecified atom stereocenters. The SMILES string of the molecule is COc1cc(-c2nc(C)c(F)c(N)n2)ccc1O. The highest BCUT2D eigenvalue weighted by molar-refractivity contribution is 5.62. The molecule has 0 aliphatic rings. The van der Waals surface area contributed by atoms with Crippen LogP contribution < -0.4 is 10.5 Å². The molecule has 0 bridgehead atoms. The van der Waals surface area contributed by atoms with Gasteiger partial charge in [0.05, 0.1) is 12.8 Å². The zero-order valence-electron chi connectivity index (χ0n) is 9.94. The molecule has 5 nitrogen and oxygen atoms in total. The molecule has 0 spiro atoms. The average molecular weight is 249 g/mol. The van der Waals surface area contributed by atoms with Crippen LogP contribution in [0.3, 0.4) is 0 Å². The third-order valence-electron chi connectivity index (χ3n) is 2.48. The third kappa shape index (κ3) is 2.04. The van der Waals surface area contributed by atoms with Crippen molar-refractivity contribution in [3.8, 4) is 22.9 Å². The number of benzene rings is 1. The number of aromatic hydroxyl groups is 1. The molecule has 0 radical (unpaired) electrons. The summed E-state index contributed by atoms with van der Waals surface area (Å²) >= 11 is 0. The number of halogens is 1. The van der Waals surface area contributed by atoms with E-state index in [2.05, 4.69) is 9.97 Å². The van der Waals surface area contributed by atoms with Crippen LogP contribution in [0.5, 0.6) is 11.5 Å². The molecular weight excluding hydrogens is 237 g/mol. The van der Waals surface area contributed by atoms with Crippen LogP contribution in [0, 0.1) is 12.7 Å². The second kappa shape index (κ2) is 4.48. The summed E-state index contributed by atoms with van der Waals surface area (Å²) in [6.45, 7) is 1.51. The quantitative estimate of drug-likeness (QED) is 0.849. The number of methoxy groups -OCH3 is 1. The molecular formula is C12H12FN3O2. The second-order valence-electron chi connectivity index (χ2n) is 3.72. The first-order valence-electron chi connectivity index (χ1n) is 5.20. The number of phenols is 1. The summed E-state index contributed by atoms with van der Waals surface area (Å²) in [7, 11) is 1.43. The van der Waals surface area contributed by atoms with Gasteiger partial charge in [0.1, 0.15) is 0 Å². The van der Waals surface area contributed by atoms with Gasteiger partial charge in [0, 0.05) is 5.56 Å². The Morgan fingerprint density at radius 2 is 2.06 bits per heavy atom. The Hall–Kier alpha value is -2.37. The number of ether oxygens (including phenoxy) is 1. The summed E-state index contributed by atoms with van der Waals surface area (Å²) in [5.74, 6) is -0.247. The molecule has 0 fully saturated rings. The highest BCUT2D eigenvalue weighted by Crippen LogP contribution is 2.30. The highest BCUT2D eigenvalue weighted by Gasteiger charge is 2.12. The van der Waals surface area contributed by atoms with Gasteiger partial charge in [-0.2, -0.15) is 0 Å². The molecule has 1 aromatic heterocycles. The van der Waals surface area contributed by atoms with Crippen molar-refractivity contribution in [1.82, 2.24) is 9.97 Å². The zero-order chi connectivity index (χ0) is 13.3. The first-order chi connectivity index (χ1) is 8.52. The summed E-state index contributed by atoms with van der Waals surface area (Å²) in [6, 6.07) is 4.61. The lowest BCUT2D eigenvalue weighted by Crippen LogP contribution is -2.03. The molecule has 0 aliphatic carbocycles. The predicted molar refractivity (Wildman–Crippen MR) is 64.8 cm³/mol. The minimum Gasteiger partial charge on any atom is -0.504 e. The average Bonchev–Trinajstić information content (AvgIpc) is 2.36. The first kappa shape index (κ1) is 12.1. The number of rotatable bonds is 2. The van der Waals surface area contributed by atoms with Gasteiger partial charge >= 0.3 is 0 Å². The fourth-order valence-electron chi connectivity index (χ4n) is 1.53. The molecule has 6 heteroatoms. The van der Waals surface area contributed by atoms with Gasteiger partial charge < -0.3 is 15.6 Å². The zero-order valence-corrected chi connectivity index (χ0v) is 9.94. The largest absolute Gasteiger partial charge is 0.504 e. The number of hydrogen-bond acceptors (Lipinski definition) is 5. The van der Waals surface area contributed by atoms with Gasteiger partial charge in [-0.05, 0) is 25.1 Å². The van der Waals surface area contributed by atoms with E-state index in [1.165, 1.54) is 20.1 Å². The maximum Gasteiger partial charge on any atom is 0.186 e. The van der Waals surface area contributed by atoms with Crippen molar-refractivity contribution in [3.63, 3.8) is 0 Å². The molecule has 1 heterocycles. The van der Waals surface area contributed by atoms with E-state index in [1.807, 2.05) is 0 Å². The van der Waals surface area contributed by atoms with E-state index in [4.69, 9.17) is 10.5 Å². The van der Waals surface area contributed by atoms with Gasteiger partial charge in [-0.3, -0.25) is 0 Å². The van der Waals surface area contributed by atoms with Crippen molar-refractivity contribution < 1.29 is 14.2 Å². The molecule has 0 amide bonds. The van der Waals surface area contributed by atoms with Crippen LogP contribution in [0.2, 0.25) is 0 Å². The van der Waals surface area contributed by atoms with Gasteiger partial charge in [0.2, 0.25) is 0 Å². The van der Waals surface area contributed by atoms with E-state index in [9.17, 15) is 9.50 Å². The normalized spacial score (nSPS) is 10.4. The molecule has 3 N–H and O–H groups in total. The Morgan fingerprint density at radius 1 is 1.33 bits per heavy atom. The lowest BCUT2D eigenvalue weighted by atomic mass is 10.2. The van der Waals surface area contributed by atoms with Crippen LogP contribution in [0.4, 0.5) is 10.2 Å². The molecule has 0 aliphatic heterocycles. The summed E-state index contributed by atoms with van der Waals surface area (Å²) in [4.78, 5) is 7.87. The molecule has 2 rings (SSSR count). The van der Waals surface area contributed by atoms with Crippen molar-refractivity contribution in [1.29, 1.82) is 0 Å². The Balaban J connectivity index is 2.55. The number of hydrogen-bond donors (Lipinski definition) is 2. The monoisotopic (exact) mass is 249 g/mol. The van der Waals surface area contributed by atoms with Crippen LogP contribution in [0.1, 0.15) is 5.69 Å². The smallest absolute Gasteiger partial charge is 0.186 e. The number of aromatic nitrogens is 2. The predicted octanol–water partition coefficient (Wildman–Crippen LogP) is 1.89. The van der Waals surface area contributed by atoms with E-state index in [1.54, 1.807) is 12.1 Å². The molecule has 18 heavy (non-hydrogen) atoms. The molecule has 0 atom stereocenters. The van der Waals surface area contributed by atoms with Crippen LogP contribution >= 0.6 is 0 Å². The summed E-state index contributed by atoms with van der Waals surface area (Å²) in [6.07, 6.45) is 0. The Labute approximate surface area is 103 Å².